The second-order valence-electron chi connectivity index (χ2n) is 3.76. The van der Waals surface area contributed by atoms with Gasteiger partial charge in [-0.3, -0.25) is 0 Å². The molecule has 1 aromatic heterocycles. The van der Waals surface area contributed by atoms with Crippen LogP contribution in [0.25, 0.3) is 0 Å². The van der Waals surface area contributed by atoms with Gasteiger partial charge in [0, 0.05) is 23.3 Å². The molecule has 92 valence electrons. The Balaban J connectivity index is 2.78. The first-order valence-corrected chi connectivity index (χ1v) is 8.18. The first-order chi connectivity index (χ1) is 7.34. The molecular formula is C10H16BrNO2S2. The summed E-state index contributed by atoms with van der Waals surface area (Å²) in [6, 6.07) is 3.50. The fourth-order valence-corrected chi connectivity index (χ4v) is 4.07. The van der Waals surface area contributed by atoms with Gasteiger partial charge in [0.2, 0.25) is 0 Å². The number of sulfonamides is 1. The highest BCUT2D eigenvalue weighted by molar-refractivity contribution is 9.09. The molecule has 0 bridgehead atoms. The molecule has 0 saturated heterocycles. The number of hydrogen-bond donors (Lipinski definition) is 0. The van der Waals surface area contributed by atoms with E-state index < -0.39 is 10.0 Å². The second-order valence-corrected chi connectivity index (χ2v) is 8.88. The number of halogens is 1. The maximum absolute atomic E-state index is 12.1. The van der Waals surface area contributed by atoms with Crippen molar-refractivity contribution in [1.29, 1.82) is 0 Å². The van der Waals surface area contributed by atoms with Crippen molar-refractivity contribution in [3.63, 3.8) is 0 Å². The third-order valence-corrected chi connectivity index (χ3v) is 6.00. The van der Waals surface area contributed by atoms with Gasteiger partial charge in [0.05, 0.1) is 0 Å². The lowest BCUT2D eigenvalue weighted by Gasteiger charge is -2.16. The Morgan fingerprint density at radius 1 is 1.50 bits per heavy atom. The minimum absolute atomic E-state index is 0.329. The Morgan fingerprint density at radius 2 is 2.12 bits per heavy atom. The molecule has 0 radical (unpaired) electrons. The molecule has 1 unspecified atom stereocenters. The van der Waals surface area contributed by atoms with Crippen molar-refractivity contribution in [2.24, 2.45) is 0 Å². The zero-order valence-corrected chi connectivity index (χ0v) is 12.8. The van der Waals surface area contributed by atoms with Gasteiger partial charge in [-0.25, -0.2) is 12.7 Å². The second kappa shape index (κ2) is 5.62. The van der Waals surface area contributed by atoms with Gasteiger partial charge in [-0.2, -0.15) is 0 Å². The van der Waals surface area contributed by atoms with E-state index in [1.54, 1.807) is 13.1 Å². The molecule has 0 saturated carbocycles. The molecule has 1 aromatic rings. The number of alkyl halides is 1. The molecule has 0 aliphatic carbocycles. The maximum Gasteiger partial charge on any atom is 0.252 e. The molecule has 0 spiro atoms. The number of aryl methyl sites for hydroxylation is 1. The summed E-state index contributed by atoms with van der Waals surface area (Å²) in [6.45, 7) is 4.45. The summed E-state index contributed by atoms with van der Waals surface area (Å²) in [5, 5.41) is 0. The van der Waals surface area contributed by atoms with Crippen LogP contribution in [0.5, 0.6) is 0 Å². The lowest BCUT2D eigenvalue weighted by molar-refractivity contribution is 0.464. The third-order valence-electron chi connectivity index (χ3n) is 2.22. The molecule has 1 atom stereocenters. The van der Waals surface area contributed by atoms with Crippen LogP contribution in [-0.2, 0) is 10.0 Å². The van der Waals surface area contributed by atoms with Crippen LogP contribution in [0.4, 0.5) is 0 Å². The van der Waals surface area contributed by atoms with E-state index in [0.717, 1.165) is 11.3 Å². The Morgan fingerprint density at radius 3 is 2.56 bits per heavy atom. The number of rotatable bonds is 5. The van der Waals surface area contributed by atoms with Gasteiger partial charge in [-0.15, -0.1) is 11.3 Å². The number of nitrogens with zero attached hydrogens (tertiary/aromatic N) is 1. The molecule has 0 aromatic carbocycles. The summed E-state index contributed by atoms with van der Waals surface area (Å²) in [5.41, 5.74) is 0. The van der Waals surface area contributed by atoms with E-state index >= 15 is 0 Å². The summed E-state index contributed by atoms with van der Waals surface area (Å²) >= 11 is 4.73. The summed E-state index contributed by atoms with van der Waals surface area (Å²) in [4.78, 5) is 1.34. The molecule has 1 rings (SSSR count). The normalized spacial score (nSPS) is 14.3. The topological polar surface area (TPSA) is 37.4 Å². The Hall–Kier alpha value is 0.0900. The van der Waals surface area contributed by atoms with Gasteiger partial charge in [0.1, 0.15) is 4.21 Å². The van der Waals surface area contributed by atoms with Crippen molar-refractivity contribution >= 4 is 37.3 Å². The maximum atomic E-state index is 12.1. The Kier molecular flexibility index (Phi) is 4.97. The van der Waals surface area contributed by atoms with Gasteiger partial charge < -0.3 is 0 Å². The van der Waals surface area contributed by atoms with Crippen LogP contribution in [0, 0.1) is 6.92 Å². The van der Waals surface area contributed by atoms with E-state index in [1.807, 2.05) is 19.9 Å². The van der Waals surface area contributed by atoms with Gasteiger partial charge in [-0.1, -0.05) is 22.9 Å². The molecular weight excluding hydrogens is 310 g/mol. The molecule has 0 fully saturated rings. The van der Waals surface area contributed by atoms with Crippen LogP contribution >= 0.6 is 27.3 Å². The number of thiophene rings is 1. The average molecular weight is 326 g/mol. The van der Waals surface area contributed by atoms with Crippen LogP contribution in [-0.4, -0.2) is 31.1 Å². The summed E-state index contributed by atoms with van der Waals surface area (Å²) in [7, 11) is -1.66. The minimum atomic E-state index is -3.28. The van der Waals surface area contributed by atoms with Crippen molar-refractivity contribution in [3.8, 4) is 0 Å². The van der Waals surface area contributed by atoms with Crippen molar-refractivity contribution in [1.82, 2.24) is 4.31 Å². The predicted molar refractivity (Wildman–Crippen MR) is 71.9 cm³/mol. The molecule has 0 amide bonds. The Labute approximate surface area is 110 Å². The molecule has 0 aliphatic heterocycles. The van der Waals surface area contributed by atoms with Crippen molar-refractivity contribution < 1.29 is 8.42 Å². The minimum Gasteiger partial charge on any atom is -0.206 e. The molecule has 6 heteroatoms. The smallest absolute Gasteiger partial charge is 0.206 e. The van der Waals surface area contributed by atoms with Crippen molar-refractivity contribution in [2.45, 2.75) is 29.3 Å². The fraction of sp³-hybridized carbons (Fsp3) is 0.600. The zero-order chi connectivity index (χ0) is 12.3. The fourth-order valence-electron chi connectivity index (χ4n) is 1.18. The van der Waals surface area contributed by atoms with Crippen LogP contribution in [0.1, 0.15) is 18.2 Å². The van der Waals surface area contributed by atoms with E-state index in [0.29, 0.717) is 15.6 Å². The highest BCUT2D eigenvalue weighted by Crippen LogP contribution is 2.23. The highest BCUT2D eigenvalue weighted by atomic mass is 79.9. The van der Waals surface area contributed by atoms with Crippen LogP contribution in [0.2, 0.25) is 0 Å². The van der Waals surface area contributed by atoms with Gasteiger partial charge in [-0.05, 0) is 25.5 Å². The third kappa shape index (κ3) is 3.55. The molecule has 0 aliphatic rings. The SMILES string of the molecule is Cc1ccc(S(=O)(=O)N(C)CCC(C)Br)s1. The van der Waals surface area contributed by atoms with Gasteiger partial charge >= 0.3 is 0 Å². The summed E-state index contributed by atoms with van der Waals surface area (Å²) in [5.74, 6) is 0. The first-order valence-electron chi connectivity index (χ1n) is 5.01. The number of hydrogen-bond acceptors (Lipinski definition) is 3. The summed E-state index contributed by atoms with van der Waals surface area (Å²) in [6.07, 6.45) is 0.806. The van der Waals surface area contributed by atoms with E-state index in [9.17, 15) is 8.42 Å². The predicted octanol–water partition coefficient (Wildman–Crippen LogP) is 2.85. The van der Waals surface area contributed by atoms with Gasteiger partial charge in [0.15, 0.2) is 0 Å². The standard InChI is InChI=1S/C10H16BrNO2S2/c1-8(11)6-7-12(3)16(13,14)10-5-4-9(2)15-10/h4-5,8H,6-7H2,1-3H3. The zero-order valence-electron chi connectivity index (χ0n) is 9.60. The van der Waals surface area contributed by atoms with E-state index in [1.165, 1.54) is 15.6 Å². The summed E-state index contributed by atoms with van der Waals surface area (Å²) < 4.78 is 26.0. The molecule has 16 heavy (non-hydrogen) atoms. The first kappa shape index (κ1) is 14.2. The molecule has 1 heterocycles. The van der Waals surface area contributed by atoms with Crippen LogP contribution < -0.4 is 0 Å². The average Bonchev–Trinajstić information content (AvgIpc) is 2.61. The van der Waals surface area contributed by atoms with Crippen molar-refractivity contribution in [3.05, 3.63) is 17.0 Å². The monoisotopic (exact) mass is 325 g/mol. The van der Waals surface area contributed by atoms with Crippen molar-refractivity contribution in [2.75, 3.05) is 13.6 Å². The highest BCUT2D eigenvalue weighted by Gasteiger charge is 2.22. The lowest BCUT2D eigenvalue weighted by atomic mass is 10.3. The van der Waals surface area contributed by atoms with Gasteiger partial charge in [0.25, 0.3) is 10.0 Å². The molecule has 3 nitrogen and oxygen atoms in total. The van der Waals surface area contributed by atoms with Crippen LogP contribution in [0.3, 0.4) is 0 Å². The quantitative estimate of drug-likeness (QED) is 0.780. The van der Waals surface area contributed by atoms with E-state index in [2.05, 4.69) is 15.9 Å². The largest absolute Gasteiger partial charge is 0.252 e. The lowest BCUT2D eigenvalue weighted by Crippen LogP contribution is -2.28. The Bertz CT molecular complexity index is 439. The van der Waals surface area contributed by atoms with Crippen LogP contribution in [0.15, 0.2) is 16.3 Å². The van der Waals surface area contributed by atoms with E-state index in [-0.39, 0.29) is 0 Å². The molecule has 0 N–H and O–H groups in total. The van der Waals surface area contributed by atoms with E-state index in [4.69, 9.17) is 0 Å².